The van der Waals surface area contributed by atoms with E-state index in [1.807, 2.05) is 20.8 Å². The van der Waals surface area contributed by atoms with Gasteiger partial charge in [-0.1, -0.05) is 13.8 Å². The molecule has 4 N–H and O–H groups in total. The first-order valence-electron chi connectivity index (χ1n) is 6.58. The second-order valence-electron chi connectivity index (χ2n) is 5.85. The minimum absolute atomic E-state index is 0.179. The van der Waals surface area contributed by atoms with E-state index in [1.165, 1.54) is 0 Å². The Morgan fingerprint density at radius 2 is 2.11 bits per heavy atom. The number of nitrogens with two attached hydrogens (primary N) is 1. The molecule has 1 aromatic carbocycles. The summed E-state index contributed by atoms with van der Waals surface area (Å²) >= 11 is 0. The fraction of sp³-hybridized carbons (Fsp3) is 0.533. The number of hydrogen-bond donors (Lipinski definition) is 3. The number of benzene rings is 1. The second-order valence-corrected chi connectivity index (χ2v) is 5.85. The highest BCUT2D eigenvalue weighted by atomic mass is 16.3. The molecular weight excluding hydrogens is 240 g/mol. The quantitative estimate of drug-likeness (QED) is 0.713. The Balaban J connectivity index is 2.65. The summed E-state index contributed by atoms with van der Waals surface area (Å²) in [7, 11) is 0. The Morgan fingerprint density at radius 3 is 2.63 bits per heavy atom. The molecule has 0 aliphatic carbocycles. The van der Waals surface area contributed by atoms with Crippen molar-refractivity contribution < 1.29 is 9.90 Å². The lowest BCUT2D eigenvalue weighted by Gasteiger charge is -2.25. The number of carbonyl (C=O) groups is 1. The van der Waals surface area contributed by atoms with Gasteiger partial charge in [-0.15, -0.1) is 0 Å². The van der Waals surface area contributed by atoms with Gasteiger partial charge in [0.05, 0.1) is 5.60 Å². The Labute approximate surface area is 115 Å². The van der Waals surface area contributed by atoms with E-state index in [-0.39, 0.29) is 12.5 Å². The van der Waals surface area contributed by atoms with Crippen LogP contribution in [0.2, 0.25) is 0 Å². The van der Waals surface area contributed by atoms with E-state index in [4.69, 9.17) is 5.73 Å². The van der Waals surface area contributed by atoms with Crippen molar-refractivity contribution in [1.82, 2.24) is 5.32 Å². The largest absolute Gasteiger partial charge is 0.399 e. The van der Waals surface area contributed by atoms with E-state index in [9.17, 15) is 9.90 Å². The minimum atomic E-state index is -0.883. The number of nitrogens with one attached hydrogen (secondary N) is 1. The van der Waals surface area contributed by atoms with Crippen LogP contribution in [0.4, 0.5) is 5.69 Å². The van der Waals surface area contributed by atoms with Gasteiger partial charge in [0.25, 0.3) is 5.91 Å². The number of rotatable bonds is 5. The van der Waals surface area contributed by atoms with Crippen molar-refractivity contribution in [3.63, 3.8) is 0 Å². The zero-order valence-electron chi connectivity index (χ0n) is 12.2. The fourth-order valence-corrected chi connectivity index (χ4v) is 2.26. The third-order valence-corrected chi connectivity index (χ3v) is 2.97. The number of hydrogen-bond acceptors (Lipinski definition) is 3. The van der Waals surface area contributed by atoms with E-state index >= 15 is 0 Å². The number of nitrogen functional groups attached to an aromatic ring is 1. The third-order valence-electron chi connectivity index (χ3n) is 2.97. The second kappa shape index (κ2) is 6.06. The summed E-state index contributed by atoms with van der Waals surface area (Å²) in [5.41, 5.74) is 6.84. The molecular formula is C15H24N2O2. The number of amides is 1. The van der Waals surface area contributed by atoms with Gasteiger partial charge in [-0.3, -0.25) is 4.79 Å². The van der Waals surface area contributed by atoms with Crippen LogP contribution in [0.3, 0.4) is 0 Å². The smallest absolute Gasteiger partial charge is 0.251 e. The van der Waals surface area contributed by atoms with E-state index in [0.29, 0.717) is 23.6 Å². The Morgan fingerprint density at radius 1 is 1.47 bits per heavy atom. The maximum atomic E-state index is 12.0. The topological polar surface area (TPSA) is 75.4 Å². The zero-order valence-corrected chi connectivity index (χ0v) is 12.2. The van der Waals surface area contributed by atoms with Crippen LogP contribution in [0.1, 0.15) is 43.1 Å². The summed E-state index contributed by atoms with van der Waals surface area (Å²) in [6, 6.07) is 5.17. The van der Waals surface area contributed by atoms with Crippen molar-refractivity contribution >= 4 is 11.6 Å². The van der Waals surface area contributed by atoms with E-state index in [2.05, 4.69) is 5.32 Å². The Kier molecular flexibility index (Phi) is 4.95. The van der Waals surface area contributed by atoms with Gasteiger partial charge in [-0.05, 0) is 49.9 Å². The summed E-state index contributed by atoms with van der Waals surface area (Å²) in [4.78, 5) is 12.0. The molecule has 4 heteroatoms. The highest BCUT2D eigenvalue weighted by Crippen LogP contribution is 2.16. The normalized spacial score (nSPS) is 14.2. The van der Waals surface area contributed by atoms with Crippen LogP contribution < -0.4 is 11.1 Å². The molecule has 0 aliphatic rings. The molecule has 4 nitrogen and oxygen atoms in total. The molecule has 19 heavy (non-hydrogen) atoms. The molecule has 0 aliphatic heterocycles. The predicted molar refractivity (Wildman–Crippen MR) is 78.0 cm³/mol. The molecule has 1 unspecified atom stereocenters. The fourth-order valence-electron chi connectivity index (χ4n) is 2.26. The first kappa shape index (κ1) is 15.5. The Hall–Kier alpha value is -1.55. The summed E-state index contributed by atoms with van der Waals surface area (Å²) in [5.74, 6) is 0.201. The molecule has 1 rings (SSSR count). The van der Waals surface area contributed by atoms with Gasteiger partial charge >= 0.3 is 0 Å². The predicted octanol–water partition coefficient (Wildman–Crippen LogP) is 2.10. The Bertz CT molecular complexity index is 453. The van der Waals surface area contributed by atoms with E-state index < -0.39 is 5.60 Å². The van der Waals surface area contributed by atoms with Gasteiger partial charge in [0.15, 0.2) is 0 Å². The average molecular weight is 264 g/mol. The van der Waals surface area contributed by atoms with Crippen molar-refractivity contribution in [2.45, 2.75) is 39.7 Å². The summed E-state index contributed by atoms with van der Waals surface area (Å²) in [5, 5.41) is 12.9. The first-order chi connectivity index (χ1) is 8.71. The van der Waals surface area contributed by atoms with E-state index in [1.54, 1.807) is 25.1 Å². The molecule has 0 saturated heterocycles. The van der Waals surface area contributed by atoms with Crippen molar-refractivity contribution in [2.75, 3.05) is 12.3 Å². The van der Waals surface area contributed by atoms with Crippen LogP contribution in [-0.4, -0.2) is 23.2 Å². The number of aliphatic hydroxyl groups is 1. The summed E-state index contributed by atoms with van der Waals surface area (Å²) < 4.78 is 0. The zero-order chi connectivity index (χ0) is 14.6. The molecule has 106 valence electrons. The lowest BCUT2D eigenvalue weighted by molar-refractivity contribution is 0.0368. The van der Waals surface area contributed by atoms with Gasteiger partial charge in [0, 0.05) is 17.8 Å². The van der Waals surface area contributed by atoms with Crippen LogP contribution in [-0.2, 0) is 0 Å². The summed E-state index contributed by atoms with van der Waals surface area (Å²) in [6.07, 6.45) is 0.647. The minimum Gasteiger partial charge on any atom is -0.399 e. The molecule has 0 fully saturated rings. The van der Waals surface area contributed by atoms with Gasteiger partial charge in [-0.25, -0.2) is 0 Å². The van der Waals surface area contributed by atoms with Gasteiger partial charge in [0.1, 0.15) is 0 Å². The number of aryl methyl sites for hydroxylation is 1. The number of anilines is 1. The lowest BCUT2D eigenvalue weighted by Crippen LogP contribution is -2.41. The van der Waals surface area contributed by atoms with Crippen molar-refractivity contribution in [2.24, 2.45) is 5.92 Å². The standard InChI is InChI=1S/C15H24N2O2/c1-10(2)8-15(4,19)9-17-14(18)13-6-5-12(16)7-11(13)3/h5-7,10,19H,8-9,16H2,1-4H3,(H,17,18). The van der Waals surface area contributed by atoms with E-state index in [0.717, 1.165) is 5.56 Å². The maximum Gasteiger partial charge on any atom is 0.251 e. The van der Waals surface area contributed by atoms with Gasteiger partial charge < -0.3 is 16.2 Å². The molecule has 0 radical (unpaired) electrons. The molecule has 1 aromatic rings. The van der Waals surface area contributed by atoms with Crippen molar-refractivity contribution in [3.05, 3.63) is 29.3 Å². The summed E-state index contributed by atoms with van der Waals surface area (Å²) in [6.45, 7) is 7.91. The lowest BCUT2D eigenvalue weighted by atomic mass is 9.94. The van der Waals surface area contributed by atoms with Crippen molar-refractivity contribution in [3.8, 4) is 0 Å². The monoisotopic (exact) mass is 264 g/mol. The van der Waals surface area contributed by atoms with Crippen molar-refractivity contribution in [1.29, 1.82) is 0 Å². The highest BCUT2D eigenvalue weighted by molar-refractivity contribution is 5.96. The maximum absolute atomic E-state index is 12.0. The van der Waals surface area contributed by atoms with Gasteiger partial charge in [-0.2, -0.15) is 0 Å². The van der Waals surface area contributed by atoms with Crippen LogP contribution in [0.15, 0.2) is 18.2 Å². The van der Waals surface area contributed by atoms with Crippen LogP contribution in [0.5, 0.6) is 0 Å². The van der Waals surface area contributed by atoms with Gasteiger partial charge in [0.2, 0.25) is 0 Å². The number of carbonyl (C=O) groups excluding carboxylic acids is 1. The molecule has 0 heterocycles. The average Bonchev–Trinajstić information content (AvgIpc) is 2.24. The molecule has 0 bridgehead atoms. The third kappa shape index (κ3) is 4.91. The molecule has 1 amide bonds. The highest BCUT2D eigenvalue weighted by Gasteiger charge is 2.23. The molecule has 1 atom stereocenters. The SMILES string of the molecule is Cc1cc(N)ccc1C(=O)NCC(C)(O)CC(C)C. The first-order valence-corrected chi connectivity index (χ1v) is 6.58. The van der Waals surface area contributed by atoms with Crippen LogP contribution in [0, 0.1) is 12.8 Å². The van der Waals surface area contributed by atoms with Crippen LogP contribution in [0.25, 0.3) is 0 Å². The van der Waals surface area contributed by atoms with Crippen LogP contribution >= 0.6 is 0 Å². The molecule has 0 aromatic heterocycles. The molecule has 0 saturated carbocycles. The molecule has 0 spiro atoms.